The van der Waals surface area contributed by atoms with E-state index >= 15 is 0 Å². The molecule has 162 valence electrons. The maximum Gasteiger partial charge on any atom is 0.489 e. The third-order valence-electron chi connectivity index (χ3n) is 6.43. The van der Waals surface area contributed by atoms with Crippen molar-refractivity contribution in [3.63, 3.8) is 0 Å². The molecule has 0 aliphatic heterocycles. The second kappa shape index (κ2) is 8.19. The Balaban J connectivity index is 1.82. The van der Waals surface area contributed by atoms with E-state index in [1.165, 1.54) is 0 Å². The minimum Gasteiger partial charge on any atom is -0.423 e. The van der Waals surface area contributed by atoms with E-state index in [2.05, 4.69) is 93.6 Å². The Kier molecular flexibility index (Phi) is 5.32. The minimum atomic E-state index is -1.60. The average Bonchev–Trinajstić information content (AvgIpc) is 2.82. The summed E-state index contributed by atoms with van der Waals surface area (Å²) < 4.78 is 0. The van der Waals surface area contributed by atoms with Crippen molar-refractivity contribution in [1.29, 1.82) is 0 Å². The van der Waals surface area contributed by atoms with Gasteiger partial charge in [-0.25, -0.2) is 0 Å². The van der Waals surface area contributed by atoms with Crippen LogP contribution in [0.5, 0.6) is 0 Å². The molecule has 0 unspecified atom stereocenters. The van der Waals surface area contributed by atoms with Gasteiger partial charge in [-0.15, -0.1) is 0 Å². The molecule has 0 aromatic heterocycles. The topological polar surface area (TPSA) is 40.5 Å². The molecule has 0 aliphatic carbocycles. The number of rotatable bonds is 3. The normalized spacial score (nSPS) is 11.8. The highest BCUT2D eigenvalue weighted by Crippen LogP contribution is 2.34. The fourth-order valence-electron chi connectivity index (χ4n) is 4.56. The van der Waals surface area contributed by atoms with E-state index in [-0.39, 0.29) is 5.41 Å². The predicted octanol–water partition coefficient (Wildman–Crippen LogP) is 6.30. The van der Waals surface area contributed by atoms with Crippen molar-refractivity contribution in [3.8, 4) is 22.3 Å². The molecule has 5 aromatic rings. The molecule has 33 heavy (non-hydrogen) atoms. The third kappa shape index (κ3) is 4.06. The molecule has 3 heteroatoms. The number of hydrogen-bond donors (Lipinski definition) is 2. The maximum atomic E-state index is 10.6. The van der Waals surface area contributed by atoms with Crippen LogP contribution in [0.25, 0.3) is 43.8 Å². The fraction of sp³-hybridized carbons (Fsp3) is 0.133. The summed E-state index contributed by atoms with van der Waals surface area (Å²) >= 11 is 0. The molecule has 0 saturated heterocycles. The summed E-state index contributed by atoms with van der Waals surface area (Å²) in [5, 5.41) is 25.7. The zero-order valence-electron chi connectivity index (χ0n) is 19.2. The second-order valence-electron chi connectivity index (χ2n) is 9.73. The monoisotopic (exact) mass is 430 g/mol. The molecule has 0 atom stereocenters. The SMILES string of the molecule is CC(C)(C)c1cc(-c2ccc3ccccc3c2)c(B(O)O)c(-c2ccc3ccccc3c2)c1. The highest BCUT2D eigenvalue weighted by Gasteiger charge is 2.26. The standard InChI is InChI=1S/C30H27BO2/c1-30(2,3)26-18-27(24-14-12-20-8-4-6-10-22(20)16-24)29(31(32)33)28(19-26)25-15-13-21-9-5-7-11-23(21)17-25/h4-19,32-33H,1-3H3. The van der Waals surface area contributed by atoms with E-state index in [0.717, 1.165) is 49.4 Å². The Hall–Kier alpha value is -3.40. The molecule has 0 spiro atoms. The molecule has 0 aliphatic rings. The van der Waals surface area contributed by atoms with E-state index in [0.29, 0.717) is 5.46 Å². The van der Waals surface area contributed by atoms with Crippen LogP contribution in [-0.2, 0) is 5.41 Å². The smallest absolute Gasteiger partial charge is 0.423 e. The molecule has 0 bridgehead atoms. The molecule has 0 heterocycles. The molecule has 0 radical (unpaired) electrons. The van der Waals surface area contributed by atoms with Crippen LogP contribution < -0.4 is 5.46 Å². The van der Waals surface area contributed by atoms with Gasteiger partial charge in [0.25, 0.3) is 0 Å². The first-order valence-electron chi connectivity index (χ1n) is 11.3. The van der Waals surface area contributed by atoms with Crippen molar-refractivity contribution in [2.45, 2.75) is 26.2 Å². The summed E-state index contributed by atoms with van der Waals surface area (Å²) in [5.41, 5.74) is 5.25. The van der Waals surface area contributed by atoms with E-state index < -0.39 is 7.12 Å². The van der Waals surface area contributed by atoms with E-state index in [4.69, 9.17) is 0 Å². The quantitative estimate of drug-likeness (QED) is 0.330. The van der Waals surface area contributed by atoms with Crippen LogP contribution >= 0.6 is 0 Å². The lowest BCUT2D eigenvalue weighted by Crippen LogP contribution is -2.34. The summed E-state index contributed by atoms with van der Waals surface area (Å²) in [6.45, 7) is 6.56. The van der Waals surface area contributed by atoms with Gasteiger partial charge in [0.15, 0.2) is 0 Å². The van der Waals surface area contributed by atoms with Crippen LogP contribution in [-0.4, -0.2) is 17.2 Å². The lowest BCUT2D eigenvalue weighted by atomic mass is 9.68. The van der Waals surface area contributed by atoms with Crippen LogP contribution in [0.2, 0.25) is 0 Å². The minimum absolute atomic E-state index is 0.101. The van der Waals surface area contributed by atoms with Crippen LogP contribution in [0.4, 0.5) is 0 Å². The molecule has 0 amide bonds. The van der Waals surface area contributed by atoms with Gasteiger partial charge < -0.3 is 10.0 Å². The molecular formula is C30H27BO2. The first-order chi connectivity index (χ1) is 15.8. The van der Waals surface area contributed by atoms with Gasteiger partial charge in [-0.05, 0) is 72.4 Å². The lowest BCUT2D eigenvalue weighted by Gasteiger charge is -2.25. The molecule has 5 aromatic carbocycles. The first kappa shape index (κ1) is 21.5. The Morgan fingerprint density at radius 2 is 0.970 bits per heavy atom. The summed E-state index contributed by atoms with van der Waals surface area (Å²) in [7, 11) is -1.60. The summed E-state index contributed by atoms with van der Waals surface area (Å²) in [4.78, 5) is 0. The molecule has 2 N–H and O–H groups in total. The average molecular weight is 430 g/mol. The number of hydrogen-bond acceptors (Lipinski definition) is 2. The van der Waals surface area contributed by atoms with Crippen molar-refractivity contribution in [2.75, 3.05) is 0 Å². The lowest BCUT2D eigenvalue weighted by molar-refractivity contribution is 0.426. The molecule has 0 saturated carbocycles. The van der Waals surface area contributed by atoms with E-state index in [1.807, 2.05) is 24.3 Å². The third-order valence-corrected chi connectivity index (χ3v) is 6.43. The number of fused-ring (bicyclic) bond motifs is 2. The summed E-state index contributed by atoms with van der Waals surface area (Å²) in [6.07, 6.45) is 0. The van der Waals surface area contributed by atoms with E-state index in [1.54, 1.807) is 0 Å². The summed E-state index contributed by atoms with van der Waals surface area (Å²) in [6, 6.07) is 33.3. The van der Waals surface area contributed by atoms with Gasteiger partial charge >= 0.3 is 7.12 Å². The van der Waals surface area contributed by atoms with Gasteiger partial charge in [0.05, 0.1) is 0 Å². The van der Waals surface area contributed by atoms with Crippen molar-refractivity contribution < 1.29 is 10.0 Å². The Bertz CT molecular complexity index is 1380. The van der Waals surface area contributed by atoms with Crippen LogP contribution in [0.1, 0.15) is 26.3 Å². The van der Waals surface area contributed by atoms with Gasteiger partial charge in [-0.2, -0.15) is 0 Å². The highest BCUT2D eigenvalue weighted by molar-refractivity contribution is 6.62. The first-order valence-corrected chi connectivity index (χ1v) is 11.3. The van der Waals surface area contributed by atoms with Crippen LogP contribution in [0.15, 0.2) is 97.1 Å². The largest absolute Gasteiger partial charge is 0.489 e. The Labute approximate surface area is 195 Å². The predicted molar refractivity (Wildman–Crippen MR) is 141 cm³/mol. The Morgan fingerprint density at radius 1 is 0.545 bits per heavy atom. The van der Waals surface area contributed by atoms with Gasteiger partial charge in [-0.3, -0.25) is 0 Å². The van der Waals surface area contributed by atoms with Gasteiger partial charge in [0.1, 0.15) is 0 Å². The van der Waals surface area contributed by atoms with Crippen molar-refractivity contribution in [1.82, 2.24) is 0 Å². The van der Waals surface area contributed by atoms with E-state index in [9.17, 15) is 10.0 Å². The van der Waals surface area contributed by atoms with Crippen molar-refractivity contribution in [3.05, 3.63) is 103 Å². The molecule has 5 rings (SSSR count). The van der Waals surface area contributed by atoms with Crippen LogP contribution in [0, 0.1) is 0 Å². The zero-order chi connectivity index (χ0) is 23.2. The highest BCUT2D eigenvalue weighted by atomic mass is 16.4. The Morgan fingerprint density at radius 3 is 1.36 bits per heavy atom. The maximum absolute atomic E-state index is 10.6. The van der Waals surface area contributed by atoms with Gasteiger partial charge in [-0.1, -0.05) is 106 Å². The fourth-order valence-corrected chi connectivity index (χ4v) is 4.56. The van der Waals surface area contributed by atoms with Crippen molar-refractivity contribution >= 4 is 34.1 Å². The van der Waals surface area contributed by atoms with Crippen LogP contribution in [0.3, 0.4) is 0 Å². The molecular weight excluding hydrogens is 403 g/mol. The molecule has 0 fully saturated rings. The zero-order valence-corrected chi connectivity index (χ0v) is 19.2. The van der Waals surface area contributed by atoms with Gasteiger partial charge in [0, 0.05) is 0 Å². The molecule has 2 nitrogen and oxygen atoms in total. The van der Waals surface area contributed by atoms with Gasteiger partial charge in [0.2, 0.25) is 0 Å². The van der Waals surface area contributed by atoms with Crippen molar-refractivity contribution in [2.24, 2.45) is 0 Å². The second-order valence-corrected chi connectivity index (χ2v) is 9.73. The summed E-state index contributed by atoms with van der Waals surface area (Å²) in [5.74, 6) is 0. The number of benzene rings is 5.